The molecular weight excluding hydrogens is 564 g/mol. The quantitative estimate of drug-likeness (QED) is 0.269. The average molecular weight is 603 g/mol. The first-order valence-electron chi connectivity index (χ1n) is 14.2. The van der Waals surface area contributed by atoms with Crippen molar-refractivity contribution in [3.8, 4) is 5.88 Å². The van der Waals surface area contributed by atoms with Crippen LogP contribution in [0.2, 0.25) is 0 Å². The molecule has 3 aromatic rings. The van der Waals surface area contributed by atoms with E-state index in [2.05, 4.69) is 34.0 Å². The summed E-state index contributed by atoms with van der Waals surface area (Å²) < 4.78 is 40.4. The van der Waals surface area contributed by atoms with Crippen LogP contribution in [0.1, 0.15) is 45.2 Å². The first-order valence-corrected chi connectivity index (χ1v) is 16.0. The number of nitrogens with zero attached hydrogens (tertiary/aromatic N) is 7. The summed E-state index contributed by atoms with van der Waals surface area (Å²) in [6.45, 7) is 6.73. The Labute approximate surface area is 245 Å². The maximum atomic E-state index is 13.0. The Kier molecular flexibility index (Phi) is 8.80. The maximum absolute atomic E-state index is 13.0. The van der Waals surface area contributed by atoms with Crippen LogP contribution in [-0.2, 0) is 28.4 Å². The van der Waals surface area contributed by atoms with Crippen LogP contribution in [0.15, 0.2) is 24.5 Å². The van der Waals surface area contributed by atoms with Crippen LogP contribution in [0.4, 0.5) is 17.5 Å². The van der Waals surface area contributed by atoms with Crippen LogP contribution in [0, 0.1) is 10.1 Å². The van der Waals surface area contributed by atoms with Crippen LogP contribution in [-0.4, -0.2) is 83.6 Å². The minimum absolute atomic E-state index is 0.0319. The molecule has 0 radical (unpaired) electrons. The van der Waals surface area contributed by atoms with Gasteiger partial charge in [-0.2, -0.15) is 4.98 Å². The summed E-state index contributed by atoms with van der Waals surface area (Å²) in [5.41, 5.74) is 1.28. The second-order valence-electron chi connectivity index (χ2n) is 11.2. The fraction of sp³-hybridized carbons (Fsp3) is 0.593. The van der Waals surface area contributed by atoms with E-state index in [0.29, 0.717) is 66.6 Å². The van der Waals surface area contributed by atoms with Gasteiger partial charge in [0.05, 0.1) is 55.8 Å². The smallest absolute Gasteiger partial charge is 0.434 e. The molecule has 0 amide bonds. The highest BCUT2D eigenvalue weighted by Gasteiger charge is 2.28. The molecule has 0 atom stereocenters. The number of hydrogen-bond donors (Lipinski definition) is 1. The lowest BCUT2D eigenvalue weighted by atomic mass is 9.92. The second-order valence-corrected chi connectivity index (χ2v) is 13.1. The van der Waals surface area contributed by atoms with E-state index in [0.717, 1.165) is 42.1 Å². The van der Waals surface area contributed by atoms with Crippen molar-refractivity contribution in [2.24, 2.45) is 7.05 Å². The van der Waals surface area contributed by atoms with E-state index in [1.54, 1.807) is 6.07 Å². The molecule has 1 aliphatic heterocycles. The van der Waals surface area contributed by atoms with Crippen LogP contribution >= 0.6 is 0 Å². The van der Waals surface area contributed by atoms with Crippen molar-refractivity contribution in [3.63, 3.8) is 0 Å². The standard InChI is InChI=1S/C27H38N8O6S/c1-18(2)30-19-5-7-22(8-6-19)41-26-23-13-20(15-28-24(23)14-25(31-26)33-9-11-40-12-10-33)34(42(4,38)39)17-21-16-29-27(32(21)3)35(36)37/h13-16,18-19,22,30H,5-12,17H2,1-4H3. The highest BCUT2D eigenvalue weighted by Crippen LogP contribution is 2.34. The maximum Gasteiger partial charge on any atom is 0.434 e. The average Bonchev–Trinajstić information content (AvgIpc) is 3.32. The number of pyridine rings is 2. The summed E-state index contributed by atoms with van der Waals surface area (Å²) in [5, 5.41) is 15.5. The van der Waals surface area contributed by atoms with Crippen LogP contribution in [0.5, 0.6) is 5.88 Å². The molecule has 5 rings (SSSR count). The summed E-state index contributed by atoms with van der Waals surface area (Å²) in [5.74, 6) is 0.774. The van der Waals surface area contributed by atoms with Crippen molar-refractivity contribution in [2.45, 2.75) is 64.3 Å². The predicted octanol–water partition coefficient (Wildman–Crippen LogP) is 2.76. The Balaban J connectivity index is 1.50. The van der Waals surface area contributed by atoms with Gasteiger partial charge in [-0.3, -0.25) is 9.29 Å². The normalized spacial score (nSPS) is 19.8. The van der Waals surface area contributed by atoms with Crippen molar-refractivity contribution in [1.29, 1.82) is 0 Å². The zero-order valence-electron chi connectivity index (χ0n) is 24.4. The third-order valence-corrected chi connectivity index (χ3v) is 8.83. The van der Waals surface area contributed by atoms with E-state index < -0.39 is 14.9 Å². The van der Waals surface area contributed by atoms with Crippen LogP contribution in [0.25, 0.3) is 10.9 Å². The largest absolute Gasteiger partial charge is 0.474 e. The fourth-order valence-electron chi connectivity index (χ4n) is 5.52. The number of sulfonamides is 1. The van der Waals surface area contributed by atoms with Gasteiger partial charge in [0, 0.05) is 31.2 Å². The minimum Gasteiger partial charge on any atom is -0.474 e. The third kappa shape index (κ3) is 6.73. The first-order chi connectivity index (χ1) is 20.0. The number of nitrogens with one attached hydrogen (secondary N) is 1. The molecule has 0 aromatic carbocycles. The van der Waals surface area contributed by atoms with Gasteiger partial charge in [-0.1, -0.05) is 18.8 Å². The lowest BCUT2D eigenvalue weighted by Gasteiger charge is -2.32. The Morgan fingerprint density at radius 3 is 2.50 bits per heavy atom. The Morgan fingerprint density at radius 1 is 1.17 bits per heavy atom. The second kappa shape index (κ2) is 12.4. The van der Waals surface area contributed by atoms with Gasteiger partial charge in [0.2, 0.25) is 15.9 Å². The van der Waals surface area contributed by atoms with Gasteiger partial charge in [0.25, 0.3) is 0 Å². The SMILES string of the molecule is CC(C)NC1CCC(Oc2nc(N3CCOCC3)cc3ncc(N(Cc4cnc([N+](=O)[O-])n4C)S(C)(=O)=O)cc23)CC1. The molecular formula is C27H38N8O6S. The minimum atomic E-state index is -3.80. The van der Waals surface area contributed by atoms with E-state index in [1.807, 2.05) is 6.07 Å². The summed E-state index contributed by atoms with van der Waals surface area (Å²) in [6, 6.07) is 4.47. The van der Waals surface area contributed by atoms with Gasteiger partial charge < -0.3 is 29.8 Å². The van der Waals surface area contributed by atoms with E-state index in [9.17, 15) is 18.5 Å². The van der Waals surface area contributed by atoms with Crippen LogP contribution in [0.3, 0.4) is 0 Å². The van der Waals surface area contributed by atoms with Crippen molar-refractivity contribution < 1.29 is 22.8 Å². The molecule has 1 saturated carbocycles. The summed E-state index contributed by atoms with van der Waals surface area (Å²) >= 11 is 0. The molecule has 0 bridgehead atoms. The molecule has 0 spiro atoms. The molecule has 4 heterocycles. The molecule has 15 heteroatoms. The number of hydrogen-bond acceptors (Lipinski definition) is 11. The van der Waals surface area contributed by atoms with Gasteiger partial charge in [-0.15, -0.1) is 0 Å². The number of anilines is 2. The number of fused-ring (bicyclic) bond motifs is 1. The Bertz CT molecular complexity index is 1530. The third-order valence-electron chi connectivity index (χ3n) is 7.69. The highest BCUT2D eigenvalue weighted by molar-refractivity contribution is 7.92. The zero-order chi connectivity index (χ0) is 30.0. The number of morpholine rings is 1. The number of aromatic nitrogens is 4. The van der Waals surface area contributed by atoms with Gasteiger partial charge in [0.15, 0.2) is 0 Å². The number of rotatable bonds is 10. The lowest BCUT2D eigenvalue weighted by Crippen LogP contribution is -2.39. The molecule has 1 N–H and O–H groups in total. The molecule has 1 aliphatic carbocycles. The van der Waals surface area contributed by atoms with Gasteiger partial charge in [-0.25, -0.2) is 13.0 Å². The van der Waals surface area contributed by atoms with Crippen molar-refractivity contribution in [2.75, 3.05) is 41.8 Å². The monoisotopic (exact) mass is 602 g/mol. The lowest BCUT2D eigenvalue weighted by molar-refractivity contribution is -0.396. The summed E-state index contributed by atoms with van der Waals surface area (Å²) in [7, 11) is -2.32. The first kappa shape index (κ1) is 29.9. The summed E-state index contributed by atoms with van der Waals surface area (Å²) in [6.07, 6.45) is 7.58. The van der Waals surface area contributed by atoms with Crippen molar-refractivity contribution in [3.05, 3.63) is 40.3 Å². The molecule has 228 valence electrons. The molecule has 14 nitrogen and oxygen atoms in total. The molecule has 2 fully saturated rings. The van der Waals surface area contributed by atoms with Gasteiger partial charge in [-0.05, 0) is 36.7 Å². The van der Waals surface area contributed by atoms with Gasteiger partial charge in [0.1, 0.15) is 23.8 Å². The fourth-order valence-corrected chi connectivity index (χ4v) is 6.37. The van der Waals surface area contributed by atoms with E-state index >= 15 is 0 Å². The zero-order valence-corrected chi connectivity index (χ0v) is 25.2. The topological polar surface area (TPSA) is 158 Å². The summed E-state index contributed by atoms with van der Waals surface area (Å²) in [4.78, 5) is 26.2. The number of imidazole rings is 1. The number of ether oxygens (including phenoxy) is 2. The van der Waals surface area contributed by atoms with Crippen LogP contribution < -0.4 is 19.3 Å². The molecule has 2 aliphatic rings. The Morgan fingerprint density at radius 2 is 1.88 bits per heavy atom. The molecule has 0 unspecified atom stereocenters. The van der Waals surface area contributed by atoms with Gasteiger partial charge >= 0.3 is 5.95 Å². The highest BCUT2D eigenvalue weighted by atomic mass is 32.2. The predicted molar refractivity (Wildman–Crippen MR) is 158 cm³/mol. The van der Waals surface area contributed by atoms with E-state index in [4.69, 9.17) is 14.5 Å². The van der Waals surface area contributed by atoms with E-state index in [-0.39, 0.29) is 18.6 Å². The van der Waals surface area contributed by atoms with E-state index in [1.165, 1.54) is 24.0 Å². The molecule has 42 heavy (non-hydrogen) atoms. The molecule has 3 aromatic heterocycles. The van der Waals surface area contributed by atoms with Crippen molar-refractivity contribution >= 4 is 38.4 Å². The Hall–Kier alpha value is -3.56. The number of nitro groups is 1. The van der Waals surface area contributed by atoms with Crippen molar-refractivity contribution in [1.82, 2.24) is 24.8 Å². The molecule has 1 saturated heterocycles.